The average molecular weight is 410 g/mol. The molecular formula is C25H35N3O2. The van der Waals surface area contributed by atoms with Crippen LogP contribution in [0.5, 0.6) is 5.75 Å². The topological polar surface area (TPSA) is 54.9 Å². The lowest BCUT2D eigenvalue weighted by Crippen LogP contribution is -2.42. The van der Waals surface area contributed by atoms with E-state index in [4.69, 9.17) is 9.47 Å². The van der Waals surface area contributed by atoms with Gasteiger partial charge in [0.2, 0.25) is 0 Å². The second kappa shape index (κ2) is 11.6. The highest BCUT2D eigenvalue weighted by atomic mass is 16.5. The van der Waals surface area contributed by atoms with Gasteiger partial charge < -0.3 is 20.1 Å². The van der Waals surface area contributed by atoms with Gasteiger partial charge in [0, 0.05) is 32.7 Å². The molecule has 1 aliphatic rings. The molecule has 0 amide bonds. The standard InChI is InChI=1S/C25H35N3O2/c1-19-11-13-21(14-12-19)24-22(9-6-16-30-24)18-28-25(26-2)27-15-5-8-20-7-4-10-23(17-20)29-3/h4,7,10-14,17,22,24H,5-6,8-9,15-16,18H2,1-3H3,(H2,26,27,28). The Hall–Kier alpha value is -2.53. The number of guanidine groups is 1. The van der Waals surface area contributed by atoms with Gasteiger partial charge in [-0.1, -0.05) is 42.0 Å². The summed E-state index contributed by atoms with van der Waals surface area (Å²) in [5.74, 6) is 2.21. The molecule has 30 heavy (non-hydrogen) atoms. The number of hydrogen-bond acceptors (Lipinski definition) is 3. The van der Waals surface area contributed by atoms with Crippen molar-refractivity contribution in [3.8, 4) is 5.75 Å². The molecule has 1 aliphatic heterocycles. The fraction of sp³-hybridized carbons (Fsp3) is 0.480. The molecule has 2 N–H and O–H groups in total. The van der Waals surface area contributed by atoms with Crippen molar-refractivity contribution in [1.29, 1.82) is 0 Å². The molecule has 0 bridgehead atoms. The summed E-state index contributed by atoms with van der Waals surface area (Å²) in [6.07, 6.45) is 4.47. The number of ether oxygens (including phenoxy) is 2. The Morgan fingerprint density at radius 3 is 2.77 bits per heavy atom. The molecule has 0 radical (unpaired) electrons. The molecule has 2 unspecified atom stereocenters. The lowest BCUT2D eigenvalue weighted by atomic mass is 9.89. The van der Waals surface area contributed by atoms with Gasteiger partial charge in [-0.15, -0.1) is 0 Å². The Balaban J connectivity index is 1.45. The van der Waals surface area contributed by atoms with Gasteiger partial charge in [-0.05, 0) is 55.9 Å². The highest BCUT2D eigenvalue weighted by Crippen LogP contribution is 2.33. The predicted molar refractivity (Wildman–Crippen MR) is 123 cm³/mol. The van der Waals surface area contributed by atoms with E-state index in [1.54, 1.807) is 7.11 Å². The Morgan fingerprint density at radius 1 is 1.17 bits per heavy atom. The van der Waals surface area contributed by atoms with Crippen molar-refractivity contribution in [2.75, 3.05) is 33.9 Å². The first kappa shape index (κ1) is 22.2. The molecule has 5 nitrogen and oxygen atoms in total. The van der Waals surface area contributed by atoms with E-state index in [2.05, 4.69) is 58.9 Å². The van der Waals surface area contributed by atoms with Gasteiger partial charge in [-0.3, -0.25) is 4.99 Å². The van der Waals surface area contributed by atoms with E-state index >= 15 is 0 Å². The largest absolute Gasteiger partial charge is 0.497 e. The van der Waals surface area contributed by atoms with Crippen LogP contribution < -0.4 is 15.4 Å². The zero-order valence-corrected chi connectivity index (χ0v) is 18.5. The van der Waals surface area contributed by atoms with E-state index < -0.39 is 0 Å². The minimum absolute atomic E-state index is 0.151. The molecular weight excluding hydrogens is 374 g/mol. The third-order valence-electron chi connectivity index (χ3n) is 5.67. The first-order valence-corrected chi connectivity index (χ1v) is 10.9. The van der Waals surface area contributed by atoms with Crippen molar-refractivity contribution in [1.82, 2.24) is 10.6 Å². The fourth-order valence-electron chi connectivity index (χ4n) is 3.95. The normalized spacial score (nSPS) is 19.4. The van der Waals surface area contributed by atoms with Crippen LogP contribution in [0.3, 0.4) is 0 Å². The summed E-state index contributed by atoms with van der Waals surface area (Å²) < 4.78 is 11.4. The van der Waals surface area contributed by atoms with Crippen LogP contribution in [-0.4, -0.2) is 39.8 Å². The van der Waals surface area contributed by atoms with Gasteiger partial charge in [0.1, 0.15) is 5.75 Å². The quantitative estimate of drug-likeness (QED) is 0.388. The van der Waals surface area contributed by atoms with Crippen molar-refractivity contribution in [3.05, 3.63) is 65.2 Å². The number of nitrogens with zero attached hydrogens (tertiary/aromatic N) is 1. The maximum Gasteiger partial charge on any atom is 0.190 e. The van der Waals surface area contributed by atoms with E-state index in [0.29, 0.717) is 5.92 Å². The van der Waals surface area contributed by atoms with Gasteiger partial charge in [0.25, 0.3) is 0 Å². The molecule has 2 aromatic rings. The summed E-state index contributed by atoms with van der Waals surface area (Å²) in [5.41, 5.74) is 3.84. The van der Waals surface area contributed by atoms with Crippen molar-refractivity contribution in [2.45, 2.75) is 38.7 Å². The maximum atomic E-state index is 6.14. The molecule has 0 spiro atoms. The first-order chi connectivity index (χ1) is 14.7. The third kappa shape index (κ3) is 6.49. The van der Waals surface area contributed by atoms with Crippen LogP contribution in [0.15, 0.2) is 53.5 Å². The number of methoxy groups -OCH3 is 1. The van der Waals surface area contributed by atoms with Crippen LogP contribution in [0, 0.1) is 12.8 Å². The third-order valence-corrected chi connectivity index (χ3v) is 5.67. The minimum Gasteiger partial charge on any atom is -0.497 e. The van der Waals surface area contributed by atoms with E-state index in [1.807, 2.05) is 19.2 Å². The number of benzene rings is 2. The highest BCUT2D eigenvalue weighted by molar-refractivity contribution is 5.79. The van der Waals surface area contributed by atoms with Crippen molar-refractivity contribution in [2.24, 2.45) is 10.9 Å². The summed E-state index contributed by atoms with van der Waals surface area (Å²) in [7, 11) is 3.53. The zero-order chi connectivity index (χ0) is 21.2. The fourth-order valence-corrected chi connectivity index (χ4v) is 3.95. The average Bonchev–Trinajstić information content (AvgIpc) is 2.79. The van der Waals surface area contributed by atoms with Crippen LogP contribution in [-0.2, 0) is 11.2 Å². The second-order valence-corrected chi connectivity index (χ2v) is 7.94. The Kier molecular flexibility index (Phi) is 8.57. The van der Waals surface area contributed by atoms with Crippen LogP contribution in [0.2, 0.25) is 0 Å². The molecule has 1 fully saturated rings. The minimum atomic E-state index is 0.151. The van der Waals surface area contributed by atoms with Crippen molar-refractivity contribution >= 4 is 5.96 Å². The van der Waals surface area contributed by atoms with Crippen LogP contribution in [0.4, 0.5) is 0 Å². The lowest BCUT2D eigenvalue weighted by molar-refractivity contribution is -0.0265. The Morgan fingerprint density at radius 2 is 2.00 bits per heavy atom. The number of aliphatic imine (C=N–C) groups is 1. The summed E-state index contributed by atoms with van der Waals surface area (Å²) in [6.45, 7) is 4.69. The molecule has 3 rings (SSSR count). The highest BCUT2D eigenvalue weighted by Gasteiger charge is 2.27. The molecule has 162 valence electrons. The zero-order valence-electron chi connectivity index (χ0n) is 18.5. The first-order valence-electron chi connectivity index (χ1n) is 10.9. The van der Waals surface area contributed by atoms with Gasteiger partial charge in [0.15, 0.2) is 5.96 Å². The molecule has 5 heteroatoms. The van der Waals surface area contributed by atoms with E-state index in [9.17, 15) is 0 Å². The molecule has 1 saturated heterocycles. The number of aryl methyl sites for hydroxylation is 2. The summed E-state index contributed by atoms with van der Waals surface area (Å²) in [5, 5.41) is 6.94. The molecule has 0 aromatic heterocycles. The second-order valence-electron chi connectivity index (χ2n) is 7.94. The summed E-state index contributed by atoms with van der Waals surface area (Å²) >= 11 is 0. The Bertz CT molecular complexity index is 804. The van der Waals surface area contributed by atoms with Crippen LogP contribution in [0.25, 0.3) is 0 Å². The molecule has 2 aromatic carbocycles. The van der Waals surface area contributed by atoms with Gasteiger partial charge in [-0.2, -0.15) is 0 Å². The monoisotopic (exact) mass is 409 g/mol. The van der Waals surface area contributed by atoms with Gasteiger partial charge in [-0.25, -0.2) is 0 Å². The van der Waals surface area contributed by atoms with Crippen LogP contribution in [0.1, 0.15) is 42.1 Å². The van der Waals surface area contributed by atoms with Crippen LogP contribution >= 0.6 is 0 Å². The number of rotatable bonds is 8. The summed E-state index contributed by atoms with van der Waals surface area (Å²) in [4.78, 5) is 4.39. The van der Waals surface area contributed by atoms with Gasteiger partial charge >= 0.3 is 0 Å². The van der Waals surface area contributed by atoms with Crippen molar-refractivity contribution in [3.63, 3.8) is 0 Å². The lowest BCUT2D eigenvalue weighted by Gasteiger charge is -2.32. The van der Waals surface area contributed by atoms with Crippen molar-refractivity contribution < 1.29 is 9.47 Å². The number of hydrogen-bond donors (Lipinski definition) is 2. The van der Waals surface area contributed by atoms with E-state index in [0.717, 1.165) is 50.7 Å². The smallest absolute Gasteiger partial charge is 0.190 e. The SMILES string of the molecule is CN=C(NCCCc1cccc(OC)c1)NCC1CCCOC1c1ccc(C)cc1. The van der Waals surface area contributed by atoms with Gasteiger partial charge in [0.05, 0.1) is 13.2 Å². The summed E-state index contributed by atoms with van der Waals surface area (Å²) in [6, 6.07) is 17.0. The molecule has 0 saturated carbocycles. The maximum absolute atomic E-state index is 6.14. The predicted octanol–water partition coefficient (Wildman–Crippen LogP) is 4.27. The van der Waals surface area contributed by atoms with E-state index in [-0.39, 0.29) is 6.10 Å². The molecule has 0 aliphatic carbocycles. The number of nitrogens with one attached hydrogen (secondary N) is 2. The molecule has 1 heterocycles. The Labute approximate surface area is 180 Å². The van der Waals surface area contributed by atoms with E-state index in [1.165, 1.54) is 23.1 Å². The molecule has 2 atom stereocenters.